The molecule has 0 spiro atoms. The van der Waals surface area contributed by atoms with Gasteiger partial charge < -0.3 is 15.1 Å². The van der Waals surface area contributed by atoms with Crippen LogP contribution in [0.4, 0.5) is 0 Å². The lowest BCUT2D eigenvalue weighted by Gasteiger charge is -2.26. The number of aliphatic imine (C=N–C) groups is 1. The van der Waals surface area contributed by atoms with Gasteiger partial charge in [-0.2, -0.15) is 0 Å². The summed E-state index contributed by atoms with van der Waals surface area (Å²) in [5, 5.41) is 3.43. The number of unbranched alkanes of at least 4 members (excludes halogenated alkanes) is 2. The van der Waals surface area contributed by atoms with Crippen molar-refractivity contribution in [3.63, 3.8) is 0 Å². The Bertz CT molecular complexity index is 297. The fourth-order valence-corrected chi connectivity index (χ4v) is 3.35. The van der Waals surface area contributed by atoms with E-state index in [0.717, 1.165) is 19.0 Å². The number of piperidine rings is 1. The van der Waals surface area contributed by atoms with Gasteiger partial charge in [0, 0.05) is 26.2 Å². The van der Waals surface area contributed by atoms with E-state index in [0.29, 0.717) is 0 Å². The van der Waals surface area contributed by atoms with Gasteiger partial charge in [0.25, 0.3) is 0 Å². The van der Waals surface area contributed by atoms with Crippen LogP contribution < -0.4 is 5.32 Å². The first-order valence-electron chi connectivity index (χ1n) is 9.16. The largest absolute Gasteiger partial charge is 0.357 e. The summed E-state index contributed by atoms with van der Waals surface area (Å²) in [7, 11) is 0. The summed E-state index contributed by atoms with van der Waals surface area (Å²) in [4.78, 5) is 9.85. The van der Waals surface area contributed by atoms with Crippen LogP contribution in [0.2, 0.25) is 0 Å². The first-order chi connectivity index (χ1) is 10.4. The Morgan fingerprint density at radius 1 is 0.909 bits per heavy atom. The molecule has 4 nitrogen and oxygen atoms in total. The van der Waals surface area contributed by atoms with Crippen molar-refractivity contribution in [1.82, 2.24) is 15.1 Å². The normalized spacial score (nSPS) is 20.0. The monoisotopic (exact) mass is 422 g/mol. The van der Waals surface area contributed by atoms with Crippen LogP contribution in [0, 0.1) is 0 Å². The lowest BCUT2D eigenvalue weighted by molar-refractivity contribution is 0.224. The lowest BCUT2D eigenvalue weighted by Crippen LogP contribution is -2.39. The van der Waals surface area contributed by atoms with Crippen molar-refractivity contribution < 1.29 is 0 Å². The second kappa shape index (κ2) is 12.4. The van der Waals surface area contributed by atoms with Crippen LogP contribution in [-0.4, -0.2) is 61.6 Å². The Balaban J connectivity index is 0.00000242. The van der Waals surface area contributed by atoms with Crippen LogP contribution in [0.25, 0.3) is 0 Å². The molecule has 0 unspecified atom stereocenters. The highest BCUT2D eigenvalue weighted by Crippen LogP contribution is 2.10. The van der Waals surface area contributed by atoms with Gasteiger partial charge in [-0.1, -0.05) is 12.8 Å². The molecule has 2 aliphatic rings. The smallest absolute Gasteiger partial charge is 0.193 e. The molecule has 2 rings (SSSR count). The van der Waals surface area contributed by atoms with E-state index in [-0.39, 0.29) is 24.0 Å². The van der Waals surface area contributed by atoms with Crippen LogP contribution in [-0.2, 0) is 0 Å². The van der Waals surface area contributed by atoms with E-state index >= 15 is 0 Å². The van der Waals surface area contributed by atoms with Crippen molar-refractivity contribution in [2.75, 3.05) is 45.8 Å². The average Bonchev–Trinajstić information content (AvgIpc) is 3.05. The molecular weight excluding hydrogens is 387 g/mol. The summed E-state index contributed by atoms with van der Waals surface area (Å²) in [6.07, 6.45) is 10.8. The number of nitrogens with zero attached hydrogens (tertiary/aromatic N) is 3. The second-order valence-corrected chi connectivity index (χ2v) is 6.39. The van der Waals surface area contributed by atoms with E-state index in [4.69, 9.17) is 4.99 Å². The maximum atomic E-state index is 4.80. The van der Waals surface area contributed by atoms with Gasteiger partial charge in [-0.15, -0.1) is 24.0 Å². The molecule has 5 heteroatoms. The maximum absolute atomic E-state index is 4.80. The molecule has 2 aliphatic heterocycles. The van der Waals surface area contributed by atoms with Crippen molar-refractivity contribution in [3.8, 4) is 0 Å². The summed E-state index contributed by atoms with van der Waals surface area (Å²) in [6.45, 7) is 10.4. The maximum Gasteiger partial charge on any atom is 0.193 e. The standard InChI is InChI=1S/C17H34N4.HI/c1-2-18-17(21-15-9-10-16-21)19-11-5-3-6-12-20-13-7-4-8-14-20;/h2-16H2,1H3,(H,18,19);1H. The Labute approximate surface area is 154 Å². The topological polar surface area (TPSA) is 30.9 Å². The molecule has 130 valence electrons. The van der Waals surface area contributed by atoms with E-state index in [1.807, 2.05) is 0 Å². The summed E-state index contributed by atoms with van der Waals surface area (Å²) < 4.78 is 0. The van der Waals surface area contributed by atoms with E-state index in [2.05, 4.69) is 22.0 Å². The molecular formula is C17H35IN4. The van der Waals surface area contributed by atoms with Gasteiger partial charge in [0.2, 0.25) is 0 Å². The molecule has 0 saturated carbocycles. The molecule has 0 aliphatic carbocycles. The predicted octanol–water partition coefficient (Wildman–Crippen LogP) is 3.32. The van der Waals surface area contributed by atoms with Gasteiger partial charge in [0.15, 0.2) is 5.96 Å². The molecule has 2 heterocycles. The minimum Gasteiger partial charge on any atom is -0.357 e. The molecule has 2 fully saturated rings. The van der Waals surface area contributed by atoms with Gasteiger partial charge in [-0.3, -0.25) is 4.99 Å². The highest BCUT2D eigenvalue weighted by atomic mass is 127. The third-order valence-corrected chi connectivity index (χ3v) is 4.58. The summed E-state index contributed by atoms with van der Waals surface area (Å²) in [5.41, 5.74) is 0. The lowest BCUT2D eigenvalue weighted by atomic mass is 10.1. The molecule has 0 radical (unpaired) electrons. The highest BCUT2D eigenvalue weighted by Gasteiger charge is 2.15. The summed E-state index contributed by atoms with van der Waals surface area (Å²) in [6, 6.07) is 0. The van der Waals surface area contributed by atoms with Crippen LogP contribution >= 0.6 is 24.0 Å². The van der Waals surface area contributed by atoms with E-state index in [1.54, 1.807) is 0 Å². The summed E-state index contributed by atoms with van der Waals surface area (Å²) >= 11 is 0. The third kappa shape index (κ3) is 7.49. The zero-order chi connectivity index (χ0) is 14.8. The van der Waals surface area contributed by atoms with Gasteiger partial charge >= 0.3 is 0 Å². The minimum absolute atomic E-state index is 0. The zero-order valence-electron chi connectivity index (χ0n) is 14.4. The molecule has 0 atom stereocenters. The van der Waals surface area contributed by atoms with Crippen LogP contribution in [0.5, 0.6) is 0 Å². The zero-order valence-corrected chi connectivity index (χ0v) is 16.7. The van der Waals surface area contributed by atoms with Crippen LogP contribution in [0.1, 0.15) is 58.3 Å². The van der Waals surface area contributed by atoms with E-state index in [9.17, 15) is 0 Å². The fourth-order valence-electron chi connectivity index (χ4n) is 3.35. The SMILES string of the molecule is CCNC(=NCCCCCN1CCCCC1)N1CCCC1.I. The highest BCUT2D eigenvalue weighted by molar-refractivity contribution is 14.0. The van der Waals surface area contributed by atoms with Gasteiger partial charge in [0.1, 0.15) is 0 Å². The Morgan fingerprint density at radius 3 is 2.27 bits per heavy atom. The molecule has 2 saturated heterocycles. The average molecular weight is 422 g/mol. The Kier molecular flexibility index (Phi) is 11.3. The number of halogens is 1. The molecule has 1 N–H and O–H groups in total. The molecule has 0 amide bonds. The Hall–Kier alpha value is -0.0400. The van der Waals surface area contributed by atoms with Crippen molar-refractivity contribution >= 4 is 29.9 Å². The summed E-state index contributed by atoms with van der Waals surface area (Å²) in [5.74, 6) is 1.14. The van der Waals surface area contributed by atoms with Crippen molar-refractivity contribution in [2.45, 2.75) is 58.3 Å². The van der Waals surface area contributed by atoms with Gasteiger partial charge in [-0.05, 0) is 65.1 Å². The number of rotatable bonds is 7. The van der Waals surface area contributed by atoms with Gasteiger partial charge in [0.05, 0.1) is 0 Å². The first-order valence-corrected chi connectivity index (χ1v) is 9.16. The van der Waals surface area contributed by atoms with E-state index in [1.165, 1.54) is 84.1 Å². The number of nitrogens with one attached hydrogen (secondary N) is 1. The minimum atomic E-state index is 0. The first kappa shape index (κ1) is 20.0. The van der Waals surface area contributed by atoms with Gasteiger partial charge in [-0.25, -0.2) is 0 Å². The number of hydrogen-bond acceptors (Lipinski definition) is 2. The van der Waals surface area contributed by atoms with Crippen LogP contribution in [0.3, 0.4) is 0 Å². The molecule has 0 aromatic rings. The van der Waals surface area contributed by atoms with Crippen molar-refractivity contribution in [1.29, 1.82) is 0 Å². The number of hydrogen-bond donors (Lipinski definition) is 1. The quantitative estimate of drug-likeness (QED) is 0.296. The molecule has 0 bridgehead atoms. The fraction of sp³-hybridized carbons (Fsp3) is 0.941. The second-order valence-electron chi connectivity index (χ2n) is 6.39. The molecule has 22 heavy (non-hydrogen) atoms. The molecule has 0 aromatic carbocycles. The van der Waals surface area contributed by atoms with E-state index < -0.39 is 0 Å². The predicted molar refractivity (Wildman–Crippen MR) is 106 cm³/mol. The van der Waals surface area contributed by atoms with Crippen molar-refractivity contribution in [2.24, 2.45) is 4.99 Å². The van der Waals surface area contributed by atoms with Crippen LogP contribution in [0.15, 0.2) is 4.99 Å². The molecule has 0 aromatic heterocycles. The van der Waals surface area contributed by atoms with Crippen molar-refractivity contribution in [3.05, 3.63) is 0 Å². The third-order valence-electron chi connectivity index (χ3n) is 4.58. The number of likely N-dealkylation sites (tertiary alicyclic amines) is 2. The number of guanidine groups is 1. The Morgan fingerprint density at radius 2 is 1.59 bits per heavy atom.